The van der Waals surface area contributed by atoms with E-state index in [1.807, 2.05) is 0 Å². The summed E-state index contributed by atoms with van der Waals surface area (Å²) in [7, 11) is 0. The largest absolute Gasteiger partial charge is 0.319 e. The van der Waals surface area contributed by atoms with E-state index >= 15 is 0 Å². The van der Waals surface area contributed by atoms with E-state index in [0.29, 0.717) is 0 Å². The van der Waals surface area contributed by atoms with E-state index in [9.17, 15) is 19.7 Å². The predicted molar refractivity (Wildman–Crippen MR) is 70.9 cm³/mol. The molecule has 0 bridgehead atoms. The van der Waals surface area contributed by atoms with Crippen LogP contribution < -0.4 is 10.9 Å². The van der Waals surface area contributed by atoms with Crippen molar-refractivity contribution in [2.45, 2.75) is 0 Å². The van der Waals surface area contributed by atoms with Crippen LogP contribution in [0.1, 0.15) is 10.5 Å². The third-order valence-corrected chi connectivity index (χ3v) is 2.64. The summed E-state index contributed by atoms with van der Waals surface area (Å²) in [6, 6.07) is 6.04. The first-order valence-electron chi connectivity index (χ1n) is 5.28. The first-order chi connectivity index (χ1) is 9.47. The zero-order valence-corrected chi connectivity index (χ0v) is 10.5. The number of carbonyl (C=O) groups is 1. The van der Waals surface area contributed by atoms with Gasteiger partial charge in [0.1, 0.15) is 5.69 Å². The number of non-ortho nitro benzene ring substituents is 1. The summed E-state index contributed by atoms with van der Waals surface area (Å²) in [6.07, 6.45) is 0. The van der Waals surface area contributed by atoms with Crippen molar-refractivity contribution >= 4 is 28.9 Å². The summed E-state index contributed by atoms with van der Waals surface area (Å²) in [5.74, 6) is -0.600. The predicted octanol–water partition coefficient (Wildman–Crippen LogP) is 1.58. The number of benzene rings is 1. The lowest BCUT2D eigenvalue weighted by molar-refractivity contribution is -0.384. The summed E-state index contributed by atoms with van der Waals surface area (Å²) < 4.78 is 0. The van der Waals surface area contributed by atoms with Gasteiger partial charge in [-0.25, -0.2) is 5.10 Å². The number of amides is 1. The fourth-order valence-corrected chi connectivity index (χ4v) is 1.60. The molecular formula is C11H7ClN4O4. The van der Waals surface area contributed by atoms with Crippen LogP contribution in [0.2, 0.25) is 5.02 Å². The Bertz CT molecular complexity index is 723. The van der Waals surface area contributed by atoms with Crippen LogP contribution in [0.5, 0.6) is 0 Å². The average Bonchev–Trinajstić information content (AvgIpc) is 2.41. The van der Waals surface area contributed by atoms with Gasteiger partial charge < -0.3 is 5.32 Å². The lowest BCUT2D eigenvalue weighted by Gasteiger charge is -2.06. The van der Waals surface area contributed by atoms with Gasteiger partial charge in [0.05, 0.1) is 15.6 Å². The molecule has 0 atom stereocenters. The van der Waals surface area contributed by atoms with Crippen molar-refractivity contribution < 1.29 is 9.72 Å². The van der Waals surface area contributed by atoms with Crippen LogP contribution in [-0.2, 0) is 0 Å². The molecule has 0 saturated heterocycles. The van der Waals surface area contributed by atoms with Crippen LogP contribution in [0, 0.1) is 10.1 Å². The Labute approximate surface area is 116 Å². The van der Waals surface area contributed by atoms with E-state index in [1.54, 1.807) is 0 Å². The highest BCUT2D eigenvalue weighted by Gasteiger charge is 2.13. The van der Waals surface area contributed by atoms with Gasteiger partial charge >= 0.3 is 0 Å². The molecule has 0 radical (unpaired) electrons. The molecule has 8 nitrogen and oxygen atoms in total. The van der Waals surface area contributed by atoms with Gasteiger partial charge in [0.25, 0.3) is 17.2 Å². The third kappa shape index (κ3) is 2.98. The number of nitro benzene ring substituents is 1. The van der Waals surface area contributed by atoms with Crippen LogP contribution in [0.25, 0.3) is 0 Å². The molecule has 2 rings (SSSR count). The summed E-state index contributed by atoms with van der Waals surface area (Å²) in [5, 5.41) is 18.7. The number of carbonyl (C=O) groups excluding carboxylic acids is 1. The Morgan fingerprint density at radius 3 is 2.65 bits per heavy atom. The van der Waals surface area contributed by atoms with Gasteiger partial charge in [-0.05, 0) is 12.1 Å². The highest BCUT2D eigenvalue weighted by atomic mass is 35.5. The van der Waals surface area contributed by atoms with Gasteiger partial charge in [0, 0.05) is 18.2 Å². The highest BCUT2D eigenvalue weighted by molar-refractivity contribution is 6.34. The zero-order chi connectivity index (χ0) is 14.7. The number of anilines is 1. The van der Waals surface area contributed by atoms with E-state index in [1.165, 1.54) is 18.2 Å². The molecule has 0 aliphatic heterocycles. The standard InChI is InChI=1S/C11H7ClN4O4/c12-7-5-6(16(19)20)1-2-8(7)13-11(18)9-3-4-10(17)15-14-9/h1-5H,(H,13,18)(H,15,17). The number of aromatic nitrogens is 2. The van der Waals surface area contributed by atoms with Crippen LogP contribution in [0.15, 0.2) is 35.1 Å². The number of halogens is 1. The molecular weight excluding hydrogens is 288 g/mol. The van der Waals surface area contributed by atoms with Crippen molar-refractivity contribution in [2.24, 2.45) is 0 Å². The van der Waals surface area contributed by atoms with E-state index < -0.39 is 16.4 Å². The monoisotopic (exact) mass is 294 g/mol. The van der Waals surface area contributed by atoms with Crippen molar-refractivity contribution in [3.8, 4) is 0 Å². The smallest absolute Gasteiger partial charge is 0.276 e. The van der Waals surface area contributed by atoms with Crippen molar-refractivity contribution in [1.29, 1.82) is 0 Å². The number of H-pyrrole nitrogens is 1. The van der Waals surface area contributed by atoms with Gasteiger partial charge in [-0.2, -0.15) is 5.10 Å². The lowest BCUT2D eigenvalue weighted by Crippen LogP contribution is -2.17. The zero-order valence-electron chi connectivity index (χ0n) is 9.79. The summed E-state index contributed by atoms with van der Waals surface area (Å²) in [6.45, 7) is 0. The maximum absolute atomic E-state index is 11.8. The van der Waals surface area contributed by atoms with Crippen LogP contribution in [0.3, 0.4) is 0 Å². The van der Waals surface area contributed by atoms with Gasteiger partial charge in [-0.1, -0.05) is 11.6 Å². The highest BCUT2D eigenvalue weighted by Crippen LogP contribution is 2.26. The lowest BCUT2D eigenvalue weighted by atomic mass is 10.2. The first kappa shape index (κ1) is 13.7. The first-order valence-corrected chi connectivity index (χ1v) is 5.66. The summed E-state index contributed by atoms with van der Waals surface area (Å²) in [5.41, 5.74) is -0.431. The van der Waals surface area contributed by atoms with Gasteiger partial charge in [0.15, 0.2) is 0 Å². The molecule has 9 heteroatoms. The molecule has 1 aromatic carbocycles. The molecule has 0 saturated carbocycles. The SMILES string of the molecule is O=C(Nc1ccc([N+](=O)[O-])cc1Cl)c1ccc(=O)[nH]n1. The molecule has 102 valence electrons. The molecule has 0 aliphatic rings. The van der Waals surface area contributed by atoms with E-state index in [0.717, 1.165) is 12.1 Å². The minimum atomic E-state index is -0.600. The molecule has 20 heavy (non-hydrogen) atoms. The number of nitrogens with one attached hydrogen (secondary N) is 2. The maximum atomic E-state index is 11.8. The van der Waals surface area contributed by atoms with E-state index in [-0.39, 0.29) is 22.1 Å². The average molecular weight is 295 g/mol. The maximum Gasteiger partial charge on any atom is 0.276 e. The van der Waals surface area contributed by atoms with Gasteiger partial charge in [-0.15, -0.1) is 0 Å². The van der Waals surface area contributed by atoms with Crippen LogP contribution in [-0.4, -0.2) is 21.0 Å². The molecule has 1 aromatic heterocycles. The molecule has 0 fully saturated rings. The van der Waals surface area contributed by atoms with E-state index in [2.05, 4.69) is 15.5 Å². The topological polar surface area (TPSA) is 118 Å². The Kier molecular flexibility index (Phi) is 3.76. The molecule has 1 amide bonds. The van der Waals surface area contributed by atoms with E-state index in [4.69, 9.17) is 11.6 Å². The number of hydrogen-bond donors (Lipinski definition) is 2. The molecule has 2 N–H and O–H groups in total. The van der Waals surface area contributed by atoms with Crippen LogP contribution >= 0.6 is 11.6 Å². The Balaban J connectivity index is 2.21. The van der Waals surface area contributed by atoms with Crippen molar-refractivity contribution in [3.05, 3.63) is 61.5 Å². The fraction of sp³-hybridized carbons (Fsp3) is 0. The van der Waals surface area contributed by atoms with Crippen molar-refractivity contribution in [3.63, 3.8) is 0 Å². The van der Waals surface area contributed by atoms with Gasteiger partial charge in [0.2, 0.25) is 0 Å². The number of aromatic amines is 1. The number of hydrogen-bond acceptors (Lipinski definition) is 5. The minimum Gasteiger partial charge on any atom is -0.319 e. The molecule has 0 unspecified atom stereocenters. The Morgan fingerprint density at radius 1 is 1.35 bits per heavy atom. The Hall–Kier alpha value is -2.74. The second-order valence-corrected chi connectivity index (χ2v) is 4.09. The molecule has 0 spiro atoms. The Morgan fingerprint density at radius 2 is 2.10 bits per heavy atom. The normalized spacial score (nSPS) is 10.1. The third-order valence-electron chi connectivity index (χ3n) is 2.32. The van der Waals surface area contributed by atoms with Crippen molar-refractivity contribution in [2.75, 3.05) is 5.32 Å². The summed E-state index contributed by atoms with van der Waals surface area (Å²) in [4.78, 5) is 32.6. The van der Waals surface area contributed by atoms with Crippen LogP contribution in [0.4, 0.5) is 11.4 Å². The minimum absolute atomic E-state index is 0.0148. The molecule has 2 aromatic rings. The fourth-order valence-electron chi connectivity index (χ4n) is 1.38. The molecule has 1 heterocycles. The second-order valence-electron chi connectivity index (χ2n) is 3.68. The quantitative estimate of drug-likeness (QED) is 0.658. The van der Waals surface area contributed by atoms with Gasteiger partial charge in [-0.3, -0.25) is 19.7 Å². The number of nitrogens with zero attached hydrogens (tertiary/aromatic N) is 2. The number of nitro groups is 1. The molecule has 0 aliphatic carbocycles. The second kappa shape index (κ2) is 5.49. The van der Waals surface area contributed by atoms with Crippen molar-refractivity contribution in [1.82, 2.24) is 10.2 Å². The number of rotatable bonds is 3. The summed E-state index contributed by atoms with van der Waals surface area (Å²) >= 11 is 5.83.